The number of hydrogen-bond acceptors (Lipinski definition) is 4. The third-order valence-electron chi connectivity index (χ3n) is 2.45. The molecule has 1 fully saturated rings. The zero-order valence-corrected chi connectivity index (χ0v) is 8.62. The molecule has 4 heteroatoms. The van der Waals surface area contributed by atoms with E-state index in [1.54, 1.807) is 6.20 Å². The monoisotopic (exact) mass is 196 g/mol. The molecule has 0 saturated carbocycles. The Morgan fingerprint density at radius 1 is 1.57 bits per heavy atom. The molecule has 2 rings (SSSR count). The number of hydrogen-bond donors (Lipinski definition) is 1. The summed E-state index contributed by atoms with van der Waals surface area (Å²) in [4.78, 5) is 4.17. The van der Waals surface area contributed by atoms with Gasteiger partial charge in [-0.15, -0.1) is 0 Å². The zero-order chi connectivity index (χ0) is 9.97. The van der Waals surface area contributed by atoms with Crippen LogP contribution in [-0.4, -0.2) is 18.1 Å². The molecule has 0 spiro atoms. The number of rotatable bonds is 3. The summed E-state index contributed by atoms with van der Waals surface area (Å²) in [5.74, 6) is 1.59. The highest BCUT2D eigenvalue weighted by molar-refractivity contribution is 5.00. The molecule has 1 aliphatic heterocycles. The molecule has 1 aromatic rings. The van der Waals surface area contributed by atoms with E-state index in [1.807, 2.05) is 7.05 Å². The lowest BCUT2D eigenvalue weighted by Crippen LogP contribution is -2.04. The van der Waals surface area contributed by atoms with Crippen molar-refractivity contribution >= 4 is 0 Å². The molecule has 2 unspecified atom stereocenters. The Balaban J connectivity index is 2.02. The minimum absolute atomic E-state index is 0.114. The molecule has 1 aliphatic rings. The van der Waals surface area contributed by atoms with Crippen molar-refractivity contribution in [3.63, 3.8) is 0 Å². The standard InChI is InChI=1S/C10H16N2O2/c1-7-3-4-8(13-7)9-5-12-10(14-9)6-11-2/h5,7-8,11H,3-4,6H2,1-2H3. The van der Waals surface area contributed by atoms with E-state index in [1.165, 1.54) is 0 Å². The lowest BCUT2D eigenvalue weighted by atomic mass is 10.2. The molecule has 1 saturated heterocycles. The fourth-order valence-corrected chi connectivity index (χ4v) is 1.72. The molecular weight excluding hydrogens is 180 g/mol. The topological polar surface area (TPSA) is 47.3 Å². The predicted molar refractivity (Wildman–Crippen MR) is 51.8 cm³/mol. The first-order valence-electron chi connectivity index (χ1n) is 5.04. The van der Waals surface area contributed by atoms with E-state index >= 15 is 0 Å². The first-order valence-corrected chi connectivity index (χ1v) is 5.04. The molecule has 78 valence electrons. The predicted octanol–water partition coefficient (Wildman–Crippen LogP) is 1.63. The van der Waals surface area contributed by atoms with Crippen LogP contribution in [0.15, 0.2) is 10.6 Å². The first-order chi connectivity index (χ1) is 6.79. The quantitative estimate of drug-likeness (QED) is 0.798. The lowest BCUT2D eigenvalue weighted by Gasteiger charge is -2.06. The van der Waals surface area contributed by atoms with Gasteiger partial charge < -0.3 is 14.5 Å². The van der Waals surface area contributed by atoms with Crippen LogP contribution in [0.1, 0.15) is 37.5 Å². The van der Waals surface area contributed by atoms with Crippen molar-refractivity contribution in [1.82, 2.24) is 10.3 Å². The molecule has 0 radical (unpaired) electrons. The summed E-state index contributed by atoms with van der Waals surface area (Å²) in [5.41, 5.74) is 0. The smallest absolute Gasteiger partial charge is 0.208 e. The Bertz CT molecular complexity index is 298. The Morgan fingerprint density at radius 2 is 2.43 bits per heavy atom. The fourth-order valence-electron chi connectivity index (χ4n) is 1.72. The molecule has 14 heavy (non-hydrogen) atoms. The van der Waals surface area contributed by atoms with Crippen LogP contribution in [0, 0.1) is 0 Å². The van der Waals surface area contributed by atoms with Gasteiger partial charge in [0.15, 0.2) is 5.76 Å². The first kappa shape index (κ1) is 9.68. The largest absolute Gasteiger partial charge is 0.442 e. The maximum atomic E-state index is 5.68. The zero-order valence-electron chi connectivity index (χ0n) is 8.62. The molecule has 2 atom stereocenters. The van der Waals surface area contributed by atoms with Gasteiger partial charge in [-0.3, -0.25) is 0 Å². The van der Waals surface area contributed by atoms with Crippen molar-refractivity contribution in [2.75, 3.05) is 7.05 Å². The second kappa shape index (κ2) is 4.11. The second-order valence-electron chi connectivity index (χ2n) is 3.70. The van der Waals surface area contributed by atoms with Gasteiger partial charge in [0.2, 0.25) is 5.89 Å². The third kappa shape index (κ3) is 1.96. The van der Waals surface area contributed by atoms with E-state index in [-0.39, 0.29) is 6.10 Å². The number of nitrogens with zero attached hydrogens (tertiary/aromatic N) is 1. The van der Waals surface area contributed by atoms with Gasteiger partial charge >= 0.3 is 0 Å². The van der Waals surface area contributed by atoms with Crippen LogP contribution < -0.4 is 5.32 Å². The van der Waals surface area contributed by atoms with Crippen LogP contribution in [0.2, 0.25) is 0 Å². The van der Waals surface area contributed by atoms with Gasteiger partial charge in [0.05, 0.1) is 18.8 Å². The summed E-state index contributed by atoms with van der Waals surface area (Å²) >= 11 is 0. The number of ether oxygens (including phenoxy) is 1. The maximum absolute atomic E-state index is 5.68. The molecule has 4 nitrogen and oxygen atoms in total. The van der Waals surface area contributed by atoms with Crippen LogP contribution in [0.3, 0.4) is 0 Å². The van der Waals surface area contributed by atoms with Crippen LogP contribution in [0.4, 0.5) is 0 Å². The number of aromatic nitrogens is 1. The Labute approximate surface area is 83.7 Å². The summed E-state index contributed by atoms with van der Waals surface area (Å²) in [7, 11) is 1.87. The van der Waals surface area contributed by atoms with Gasteiger partial charge in [-0.05, 0) is 26.8 Å². The lowest BCUT2D eigenvalue weighted by molar-refractivity contribution is 0.0417. The summed E-state index contributed by atoms with van der Waals surface area (Å²) < 4.78 is 11.2. The number of oxazole rings is 1. The van der Waals surface area contributed by atoms with Crippen LogP contribution in [-0.2, 0) is 11.3 Å². The summed E-state index contributed by atoms with van der Waals surface area (Å²) in [6, 6.07) is 0. The highest BCUT2D eigenvalue weighted by atomic mass is 16.5. The van der Waals surface area contributed by atoms with Crippen LogP contribution in [0.25, 0.3) is 0 Å². The van der Waals surface area contributed by atoms with E-state index in [4.69, 9.17) is 9.15 Å². The van der Waals surface area contributed by atoms with Crippen molar-refractivity contribution in [3.05, 3.63) is 17.8 Å². The van der Waals surface area contributed by atoms with E-state index < -0.39 is 0 Å². The highest BCUT2D eigenvalue weighted by Crippen LogP contribution is 2.32. The summed E-state index contributed by atoms with van der Waals surface area (Å²) in [6.07, 6.45) is 4.37. The average molecular weight is 196 g/mol. The molecule has 1 N–H and O–H groups in total. The van der Waals surface area contributed by atoms with E-state index in [9.17, 15) is 0 Å². The molecule has 0 aliphatic carbocycles. The highest BCUT2D eigenvalue weighted by Gasteiger charge is 2.26. The molecule has 0 bridgehead atoms. The Hall–Kier alpha value is -0.870. The van der Waals surface area contributed by atoms with Gasteiger partial charge in [0.1, 0.15) is 6.10 Å². The van der Waals surface area contributed by atoms with E-state index in [0.29, 0.717) is 12.6 Å². The van der Waals surface area contributed by atoms with Gasteiger partial charge in [0, 0.05) is 0 Å². The molecule has 0 amide bonds. The van der Waals surface area contributed by atoms with E-state index in [0.717, 1.165) is 24.5 Å². The van der Waals surface area contributed by atoms with Crippen molar-refractivity contribution in [3.8, 4) is 0 Å². The summed E-state index contributed by atoms with van der Waals surface area (Å²) in [5, 5.41) is 3.00. The molecule has 0 aromatic carbocycles. The Kier molecular flexibility index (Phi) is 2.84. The minimum atomic E-state index is 0.114. The fraction of sp³-hybridized carbons (Fsp3) is 0.700. The van der Waals surface area contributed by atoms with Gasteiger partial charge in [-0.2, -0.15) is 0 Å². The second-order valence-corrected chi connectivity index (χ2v) is 3.70. The van der Waals surface area contributed by atoms with Gasteiger partial charge in [-0.25, -0.2) is 4.98 Å². The van der Waals surface area contributed by atoms with Crippen molar-refractivity contribution in [1.29, 1.82) is 0 Å². The normalized spacial score (nSPS) is 27.0. The average Bonchev–Trinajstić information content (AvgIpc) is 2.74. The molecular formula is C10H16N2O2. The minimum Gasteiger partial charge on any atom is -0.442 e. The maximum Gasteiger partial charge on any atom is 0.208 e. The van der Waals surface area contributed by atoms with E-state index in [2.05, 4.69) is 17.2 Å². The number of nitrogens with one attached hydrogen (secondary N) is 1. The van der Waals surface area contributed by atoms with Crippen LogP contribution in [0.5, 0.6) is 0 Å². The van der Waals surface area contributed by atoms with Crippen molar-refractivity contribution < 1.29 is 9.15 Å². The van der Waals surface area contributed by atoms with Gasteiger partial charge in [-0.1, -0.05) is 0 Å². The summed E-state index contributed by atoms with van der Waals surface area (Å²) in [6.45, 7) is 2.76. The van der Waals surface area contributed by atoms with Gasteiger partial charge in [0.25, 0.3) is 0 Å². The molecule has 1 aromatic heterocycles. The van der Waals surface area contributed by atoms with Crippen molar-refractivity contribution in [2.24, 2.45) is 0 Å². The van der Waals surface area contributed by atoms with Crippen molar-refractivity contribution in [2.45, 2.75) is 38.5 Å². The Morgan fingerprint density at radius 3 is 3.07 bits per heavy atom. The SMILES string of the molecule is CNCc1ncc(C2CCC(C)O2)o1. The third-order valence-corrected chi connectivity index (χ3v) is 2.45. The van der Waals surface area contributed by atoms with Crippen LogP contribution >= 0.6 is 0 Å². The molecule has 2 heterocycles.